The molecule has 0 saturated carbocycles. The van der Waals surface area contributed by atoms with Gasteiger partial charge in [-0.25, -0.2) is 9.03 Å². The largest absolute Gasteiger partial charge is 0.355 e. The van der Waals surface area contributed by atoms with Crippen molar-refractivity contribution in [2.75, 3.05) is 6.73 Å². The molecule has 0 radical (unpaired) electrons. The maximum absolute atomic E-state index is 12.7. The molecule has 0 aliphatic carbocycles. The Kier molecular flexibility index (Phi) is 5.90. The third kappa shape index (κ3) is 4.26. The third-order valence-electron chi connectivity index (χ3n) is 4.82. The maximum atomic E-state index is 12.7. The molecule has 1 amide bonds. The van der Waals surface area contributed by atoms with Crippen LogP contribution < -0.4 is 4.72 Å². The Morgan fingerprint density at radius 1 is 0.933 bits per heavy atom. The highest BCUT2D eigenvalue weighted by Gasteiger charge is 2.35. The Bertz CT molecular complexity index is 1220. The van der Waals surface area contributed by atoms with Crippen LogP contribution in [0.3, 0.4) is 0 Å². The summed E-state index contributed by atoms with van der Waals surface area (Å²) in [5, 5.41) is 2.04. The molecule has 1 aliphatic rings. The topological polar surface area (TPSA) is 75.7 Å². The SMILES string of the molecule is O=C1NS(=O)(=O)N(COCc2ccccc2)C(Cc2cccc3ccccc23)=C1Br. The van der Waals surface area contributed by atoms with Gasteiger partial charge in [-0.15, -0.1) is 0 Å². The molecule has 3 aromatic rings. The van der Waals surface area contributed by atoms with E-state index >= 15 is 0 Å². The number of benzene rings is 3. The molecule has 1 aliphatic heterocycles. The van der Waals surface area contributed by atoms with Crippen LogP contribution in [0.15, 0.2) is 83.0 Å². The molecule has 1 heterocycles. The first-order valence-electron chi connectivity index (χ1n) is 9.27. The van der Waals surface area contributed by atoms with Gasteiger partial charge in [-0.1, -0.05) is 72.8 Å². The van der Waals surface area contributed by atoms with Crippen LogP contribution in [0.25, 0.3) is 10.8 Å². The van der Waals surface area contributed by atoms with Crippen molar-refractivity contribution in [3.63, 3.8) is 0 Å². The Morgan fingerprint density at radius 3 is 2.43 bits per heavy atom. The van der Waals surface area contributed by atoms with Crippen LogP contribution in [0.1, 0.15) is 11.1 Å². The second-order valence-corrected chi connectivity index (χ2v) is 9.21. The molecule has 0 atom stereocenters. The van der Waals surface area contributed by atoms with E-state index < -0.39 is 16.1 Å². The molecule has 0 saturated heterocycles. The average Bonchev–Trinajstić information content (AvgIpc) is 2.74. The van der Waals surface area contributed by atoms with Gasteiger partial charge in [0.1, 0.15) is 11.2 Å². The Hall–Kier alpha value is -2.68. The predicted octanol–water partition coefficient (Wildman–Crippen LogP) is 3.84. The molecule has 0 fully saturated rings. The number of nitrogens with one attached hydrogen (secondary N) is 1. The molecule has 154 valence electrons. The van der Waals surface area contributed by atoms with Gasteiger partial charge < -0.3 is 4.74 Å². The molecular weight excluding hydrogens is 468 g/mol. The molecule has 1 N–H and O–H groups in total. The summed E-state index contributed by atoms with van der Waals surface area (Å²) >= 11 is 3.28. The zero-order chi connectivity index (χ0) is 21.1. The van der Waals surface area contributed by atoms with Crippen molar-refractivity contribution in [3.05, 3.63) is 94.1 Å². The first-order valence-corrected chi connectivity index (χ1v) is 11.5. The number of fused-ring (bicyclic) bond motifs is 1. The van der Waals surface area contributed by atoms with Gasteiger partial charge in [-0.3, -0.25) is 4.79 Å². The normalized spacial score (nSPS) is 16.0. The summed E-state index contributed by atoms with van der Waals surface area (Å²) in [5.41, 5.74) is 2.18. The van der Waals surface area contributed by atoms with Gasteiger partial charge in [-0.05, 0) is 37.8 Å². The van der Waals surface area contributed by atoms with E-state index in [4.69, 9.17) is 4.74 Å². The second kappa shape index (κ2) is 8.59. The van der Waals surface area contributed by atoms with Gasteiger partial charge in [0.15, 0.2) is 0 Å². The van der Waals surface area contributed by atoms with Crippen molar-refractivity contribution in [1.29, 1.82) is 0 Å². The summed E-state index contributed by atoms with van der Waals surface area (Å²) in [4.78, 5) is 12.3. The Labute approximate surface area is 183 Å². The lowest BCUT2D eigenvalue weighted by atomic mass is 10.0. The van der Waals surface area contributed by atoms with Crippen molar-refractivity contribution >= 4 is 42.8 Å². The lowest BCUT2D eigenvalue weighted by molar-refractivity contribution is -0.115. The highest BCUT2D eigenvalue weighted by atomic mass is 79.9. The van der Waals surface area contributed by atoms with Gasteiger partial charge in [0.25, 0.3) is 5.91 Å². The number of carbonyl (C=O) groups excluding carboxylic acids is 1. The van der Waals surface area contributed by atoms with Crippen molar-refractivity contribution in [1.82, 2.24) is 9.03 Å². The van der Waals surface area contributed by atoms with E-state index in [9.17, 15) is 13.2 Å². The number of nitrogens with zero attached hydrogens (tertiary/aromatic N) is 1. The molecule has 0 aromatic heterocycles. The van der Waals surface area contributed by atoms with Crippen LogP contribution in [0.2, 0.25) is 0 Å². The maximum Gasteiger partial charge on any atom is 0.328 e. The Morgan fingerprint density at radius 2 is 1.63 bits per heavy atom. The van der Waals surface area contributed by atoms with Gasteiger partial charge in [0.2, 0.25) is 0 Å². The standard InChI is InChI=1S/C22H19BrN2O4S/c23-21-20(13-18-11-6-10-17-9-4-5-12-19(17)18)25(30(27,28)24-22(21)26)15-29-14-16-7-2-1-3-8-16/h1-12H,13-15H2,(H,24,26). The van der Waals surface area contributed by atoms with Crippen LogP contribution >= 0.6 is 15.9 Å². The molecule has 0 unspecified atom stereocenters. The van der Waals surface area contributed by atoms with E-state index in [1.54, 1.807) is 0 Å². The van der Waals surface area contributed by atoms with Crippen molar-refractivity contribution in [2.45, 2.75) is 13.0 Å². The first kappa shape index (κ1) is 20.6. The van der Waals surface area contributed by atoms with Crippen LogP contribution in [0.5, 0.6) is 0 Å². The summed E-state index contributed by atoms with van der Waals surface area (Å²) < 4.78 is 34.4. The van der Waals surface area contributed by atoms with Gasteiger partial charge in [-0.2, -0.15) is 8.42 Å². The molecule has 0 bridgehead atoms. The zero-order valence-corrected chi connectivity index (χ0v) is 18.3. The highest BCUT2D eigenvalue weighted by Crippen LogP contribution is 2.30. The van der Waals surface area contributed by atoms with Gasteiger partial charge >= 0.3 is 10.2 Å². The summed E-state index contributed by atoms with van der Waals surface area (Å²) in [7, 11) is -4.06. The van der Waals surface area contributed by atoms with Crippen LogP contribution in [0.4, 0.5) is 0 Å². The fraction of sp³-hybridized carbons (Fsp3) is 0.136. The average molecular weight is 487 g/mol. The van der Waals surface area contributed by atoms with Crippen molar-refractivity contribution in [3.8, 4) is 0 Å². The fourth-order valence-electron chi connectivity index (χ4n) is 3.36. The highest BCUT2D eigenvalue weighted by molar-refractivity contribution is 9.12. The van der Waals surface area contributed by atoms with E-state index in [-0.39, 0.29) is 24.2 Å². The fourth-order valence-corrected chi connectivity index (χ4v) is 5.17. The number of hydrogen-bond donors (Lipinski definition) is 1. The summed E-state index contributed by atoms with van der Waals surface area (Å²) in [6.45, 7) is 0.0344. The number of amides is 1. The van der Waals surface area contributed by atoms with Crippen LogP contribution in [-0.4, -0.2) is 25.4 Å². The minimum absolute atomic E-state index is 0.175. The van der Waals surface area contributed by atoms with E-state index in [0.717, 1.165) is 26.2 Å². The molecule has 0 spiro atoms. The van der Waals surface area contributed by atoms with Crippen LogP contribution in [-0.2, 0) is 32.8 Å². The number of allylic oxidation sites excluding steroid dienone is 1. The first-order chi connectivity index (χ1) is 14.5. The molecule has 30 heavy (non-hydrogen) atoms. The molecule has 8 heteroatoms. The monoisotopic (exact) mass is 486 g/mol. The number of ether oxygens (including phenoxy) is 1. The van der Waals surface area contributed by atoms with Gasteiger partial charge in [0.05, 0.1) is 12.3 Å². The predicted molar refractivity (Wildman–Crippen MR) is 119 cm³/mol. The lowest BCUT2D eigenvalue weighted by Gasteiger charge is -2.31. The van der Waals surface area contributed by atoms with E-state index in [1.807, 2.05) is 77.5 Å². The zero-order valence-electron chi connectivity index (χ0n) is 15.9. The summed E-state index contributed by atoms with van der Waals surface area (Å²) in [6.07, 6.45) is 0.253. The minimum atomic E-state index is -4.06. The molecular formula is C22H19BrN2O4S. The number of halogens is 1. The molecule has 3 aromatic carbocycles. The molecule has 6 nitrogen and oxygen atoms in total. The van der Waals surface area contributed by atoms with Crippen LogP contribution in [0, 0.1) is 0 Å². The summed E-state index contributed by atoms with van der Waals surface area (Å²) in [6, 6.07) is 23.2. The number of carbonyl (C=O) groups is 1. The number of rotatable bonds is 6. The molecule has 4 rings (SSSR count). The van der Waals surface area contributed by atoms with Gasteiger partial charge in [0, 0.05) is 6.42 Å². The van der Waals surface area contributed by atoms with E-state index in [1.165, 1.54) is 0 Å². The second-order valence-electron chi connectivity index (χ2n) is 6.82. The van der Waals surface area contributed by atoms with E-state index in [0.29, 0.717) is 5.70 Å². The quantitative estimate of drug-likeness (QED) is 0.574. The Balaban J connectivity index is 1.64. The van der Waals surface area contributed by atoms with Crippen molar-refractivity contribution < 1.29 is 17.9 Å². The lowest BCUT2D eigenvalue weighted by Crippen LogP contribution is -2.49. The smallest absolute Gasteiger partial charge is 0.328 e. The minimum Gasteiger partial charge on any atom is -0.355 e. The van der Waals surface area contributed by atoms with Crippen molar-refractivity contribution in [2.24, 2.45) is 0 Å². The summed E-state index contributed by atoms with van der Waals surface area (Å²) in [5.74, 6) is -0.690. The third-order valence-corrected chi connectivity index (χ3v) is 6.99. The van der Waals surface area contributed by atoms with E-state index in [2.05, 4.69) is 15.9 Å². The number of hydrogen-bond acceptors (Lipinski definition) is 4.